The summed E-state index contributed by atoms with van der Waals surface area (Å²) in [7, 11) is 0. The van der Waals surface area contributed by atoms with Gasteiger partial charge in [0.15, 0.2) is 0 Å². The molecule has 2 saturated carbocycles. The van der Waals surface area contributed by atoms with E-state index in [2.05, 4.69) is 0 Å². The van der Waals surface area contributed by atoms with E-state index in [0.29, 0.717) is 6.42 Å². The van der Waals surface area contributed by atoms with E-state index in [4.69, 9.17) is 5.73 Å². The van der Waals surface area contributed by atoms with Gasteiger partial charge in [0.1, 0.15) is 5.78 Å². The van der Waals surface area contributed by atoms with Crippen LogP contribution in [0.3, 0.4) is 0 Å². The van der Waals surface area contributed by atoms with Crippen molar-refractivity contribution in [1.29, 1.82) is 0 Å². The number of hydrogen-bond acceptors (Lipinski definition) is 2. The molecule has 0 aromatic rings. The standard InChI is InChI=1S/C11H17NO2/c1-9(2)10(3)4-5-11(9,8(12)14)6-7(10)13/h4-6H2,1-3H3,(H2,12,14). The topological polar surface area (TPSA) is 60.2 Å². The maximum atomic E-state index is 11.9. The average molecular weight is 195 g/mol. The zero-order valence-corrected chi connectivity index (χ0v) is 9.02. The Morgan fingerprint density at radius 2 is 1.86 bits per heavy atom. The molecule has 2 fully saturated rings. The molecule has 3 nitrogen and oxygen atoms in total. The van der Waals surface area contributed by atoms with Crippen LogP contribution in [0.2, 0.25) is 0 Å². The van der Waals surface area contributed by atoms with Gasteiger partial charge in [-0.3, -0.25) is 9.59 Å². The van der Waals surface area contributed by atoms with Gasteiger partial charge in [-0.1, -0.05) is 20.8 Å². The summed E-state index contributed by atoms with van der Waals surface area (Å²) >= 11 is 0. The second kappa shape index (κ2) is 2.20. The number of carbonyl (C=O) groups is 2. The predicted octanol–water partition coefficient (Wildman–Crippen LogP) is 1.26. The van der Waals surface area contributed by atoms with Crippen LogP contribution < -0.4 is 5.73 Å². The first-order chi connectivity index (χ1) is 6.28. The zero-order valence-electron chi connectivity index (χ0n) is 9.02. The molecule has 0 heterocycles. The van der Waals surface area contributed by atoms with E-state index >= 15 is 0 Å². The molecule has 2 rings (SSSR count). The number of carbonyl (C=O) groups excluding carboxylic acids is 2. The van der Waals surface area contributed by atoms with Crippen molar-refractivity contribution in [3.63, 3.8) is 0 Å². The van der Waals surface area contributed by atoms with Gasteiger partial charge in [0.2, 0.25) is 5.91 Å². The summed E-state index contributed by atoms with van der Waals surface area (Å²) in [6.45, 7) is 6.00. The smallest absolute Gasteiger partial charge is 0.224 e. The quantitative estimate of drug-likeness (QED) is 0.684. The molecule has 14 heavy (non-hydrogen) atoms. The van der Waals surface area contributed by atoms with E-state index in [0.717, 1.165) is 12.8 Å². The van der Waals surface area contributed by atoms with E-state index in [1.165, 1.54) is 0 Å². The first-order valence-electron chi connectivity index (χ1n) is 5.11. The fourth-order valence-electron chi connectivity index (χ4n) is 3.40. The maximum absolute atomic E-state index is 11.9. The summed E-state index contributed by atoms with van der Waals surface area (Å²) in [4.78, 5) is 23.4. The highest BCUT2D eigenvalue weighted by molar-refractivity contribution is 5.99. The molecule has 0 spiro atoms. The summed E-state index contributed by atoms with van der Waals surface area (Å²) in [5.74, 6) is -0.0791. The molecule has 0 saturated heterocycles. The van der Waals surface area contributed by atoms with Gasteiger partial charge in [0, 0.05) is 11.8 Å². The first-order valence-corrected chi connectivity index (χ1v) is 5.11. The summed E-state index contributed by atoms with van der Waals surface area (Å²) in [5.41, 5.74) is 4.30. The molecule has 3 heteroatoms. The molecule has 2 unspecified atom stereocenters. The maximum Gasteiger partial charge on any atom is 0.224 e. The minimum atomic E-state index is -0.571. The van der Waals surface area contributed by atoms with Crippen LogP contribution in [0.1, 0.15) is 40.0 Å². The van der Waals surface area contributed by atoms with Crippen molar-refractivity contribution in [3.05, 3.63) is 0 Å². The Morgan fingerprint density at radius 1 is 1.29 bits per heavy atom. The Balaban J connectivity index is 2.60. The van der Waals surface area contributed by atoms with Crippen LogP contribution in [0.4, 0.5) is 0 Å². The van der Waals surface area contributed by atoms with E-state index in [1.54, 1.807) is 0 Å². The molecule has 2 bridgehead atoms. The molecule has 2 N–H and O–H groups in total. The lowest BCUT2D eigenvalue weighted by molar-refractivity contribution is -0.133. The van der Waals surface area contributed by atoms with E-state index < -0.39 is 5.41 Å². The molecular weight excluding hydrogens is 178 g/mol. The number of amides is 1. The summed E-state index contributed by atoms with van der Waals surface area (Å²) in [5, 5.41) is 0. The lowest BCUT2D eigenvalue weighted by Gasteiger charge is -2.37. The Morgan fingerprint density at radius 3 is 2.07 bits per heavy atom. The van der Waals surface area contributed by atoms with Crippen molar-refractivity contribution in [2.75, 3.05) is 0 Å². The molecular formula is C11H17NO2. The number of nitrogens with two attached hydrogens (primary N) is 1. The average Bonchev–Trinajstić information content (AvgIpc) is 2.34. The molecule has 0 aromatic carbocycles. The van der Waals surface area contributed by atoms with E-state index in [-0.39, 0.29) is 22.5 Å². The van der Waals surface area contributed by atoms with Crippen LogP contribution in [0.25, 0.3) is 0 Å². The monoisotopic (exact) mass is 195 g/mol. The molecule has 78 valence electrons. The number of hydrogen-bond donors (Lipinski definition) is 1. The number of primary amides is 1. The second-order valence-corrected chi connectivity index (χ2v) is 5.50. The number of fused-ring (bicyclic) bond motifs is 2. The van der Waals surface area contributed by atoms with E-state index in [1.807, 2.05) is 20.8 Å². The minimum Gasteiger partial charge on any atom is -0.369 e. The van der Waals surface area contributed by atoms with Gasteiger partial charge < -0.3 is 5.73 Å². The van der Waals surface area contributed by atoms with Gasteiger partial charge in [-0.25, -0.2) is 0 Å². The van der Waals surface area contributed by atoms with Gasteiger partial charge >= 0.3 is 0 Å². The van der Waals surface area contributed by atoms with Crippen molar-refractivity contribution in [2.45, 2.75) is 40.0 Å². The van der Waals surface area contributed by atoms with Gasteiger partial charge in [-0.15, -0.1) is 0 Å². The van der Waals surface area contributed by atoms with Crippen LogP contribution in [-0.4, -0.2) is 11.7 Å². The largest absolute Gasteiger partial charge is 0.369 e. The van der Waals surface area contributed by atoms with Crippen LogP contribution in [0.5, 0.6) is 0 Å². The SMILES string of the molecule is CC12CCC(C(N)=O)(CC1=O)C2(C)C. The van der Waals surface area contributed by atoms with Crippen LogP contribution in [0, 0.1) is 16.2 Å². The van der Waals surface area contributed by atoms with Gasteiger partial charge in [-0.2, -0.15) is 0 Å². The van der Waals surface area contributed by atoms with Crippen molar-refractivity contribution in [1.82, 2.24) is 0 Å². The van der Waals surface area contributed by atoms with Crippen molar-refractivity contribution < 1.29 is 9.59 Å². The van der Waals surface area contributed by atoms with Crippen LogP contribution in [-0.2, 0) is 9.59 Å². The molecule has 2 aliphatic carbocycles. The molecule has 1 amide bonds. The third-order valence-electron chi connectivity index (χ3n) is 5.18. The first kappa shape index (κ1) is 9.69. The highest BCUT2D eigenvalue weighted by Crippen LogP contribution is 2.70. The summed E-state index contributed by atoms with van der Waals surface area (Å²) in [6.07, 6.45) is 1.94. The van der Waals surface area contributed by atoms with Crippen LogP contribution >= 0.6 is 0 Å². The number of ketones is 1. The van der Waals surface area contributed by atoms with Crippen molar-refractivity contribution in [3.8, 4) is 0 Å². The normalized spacial score (nSPS) is 44.4. The Kier molecular flexibility index (Phi) is 1.53. The molecule has 0 radical (unpaired) electrons. The summed E-state index contributed by atoms with van der Waals surface area (Å²) < 4.78 is 0. The lowest BCUT2D eigenvalue weighted by Crippen LogP contribution is -2.44. The van der Waals surface area contributed by atoms with Crippen molar-refractivity contribution in [2.24, 2.45) is 22.0 Å². The second-order valence-electron chi connectivity index (χ2n) is 5.50. The number of Topliss-reactive ketones (excluding diaryl/α,β-unsaturated/α-hetero) is 1. The van der Waals surface area contributed by atoms with Gasteiger partial charge in [-0.05, 0) is 18.3 Å². The van der Waals surface area contributed by atoms with Gasteiger partial charge in [0.05, 0.1) is 5.41 Å². The van der Waals surface area contributed by atoms with Crippen molar-refractivity contribution >= 4 is 11.7 Å². The Hall–Kier alpha value is -0.860. The summed E-state index contributed by atoms with van der Waals surface area (Å²) in [6, 6.07) is 0. The number of rotatable bonds is 1. The zero-order chi connectivity index (χ0) is 10.8. The third-order valence-corrected chi connectivity index (χ3v) is 5.18. The molecule has 0 aliphatic heterocycles. The predicted molar refractivity (Wildman–Crippen MR) is 52.4 cm³/mol. The Labute approximate surface area is 84.0 Å². The molecule has 0 aromatic heterocycles. The highest BCUT2D eigenvalue weighted by atomic mass is 16.2. The minimum absolute atomic E-state index is 0.215. The third kappa shape index (κ3) is 0.677. The van der Waals surface area contributed by atoms with Gasteiger partial charge in [0.25, 0.3) is 0 Å². The fraction of sp³-hybridized carbons (Fsp3) is 0.818. The highest BCUT2D eigenvalue weighted by Gasteiger charge is 2.71. The molecule has 2 atom stereocenters. The van der Waals surface area contributed by atoms with Crippen LogP contribution in [0.15, 0.2) is 0 Å². The lowest BCUT2D eigenvalue weighted by atomic mass is 9.65. The van der Waals surface area contributed by atoms with E-state index in [9.17, 15) is 9.59 Å². The molecule has 2 aliphatic rings. The Bertz CT molecular complexity index is 334. The fourth-order valence-corrected chi connectivity index (χ4v) is 3.40.